The fourth-order valence-electron chi connectivity index (χ4n) is 1.99. The summed E-state index contributed by atoms with van der Waals surface area (Å²) < 4.78 is 1.81. The van der Waals surface area contributed by atoms with Gasteiger partial charge in [0, 0.05) is 29.0 Å². The van der Waals surface area contributed by atoms with Crippen molar-refractivity contribution in [3.05, 3.63) is 61.1 Å². The van der Waals surface area contributed by atoms with E-state index in [0.29, 0.717) is 0 Å². The molecule has 0 aliphatic rings. The van der Waals surface area contributed by atoms with Crippen molar-refractivity contribution in [3.63, 3.8) is 0 Å². The van der Waals surface area contributed by atoms with Crippen molar-refractivity contribution >= 4 is 17.7 Å². The van der Waals surface area contributed by atoms with E-state index in [2.05, 4.69) is 10.1 Å². The molecule has 0 saturated heterocycles. The number of amides is 1. The number of carbonyl (C=O) groups excluding carboxylic acids is 1. The summed E-state index contributed by atoms with van der Waals surface area (Å²) in [5.74, 6) is -0.0333. The molecule has 1 aromatic carbocycles. The zero-order chi connectivity index (χ0) is 15.4. The highest BCUT2D eigenvalue weighted by Gasteiger charge is 2.04. The second-order valence-corrected chi connectivity index (χ2v) is 5.68. The topological polar surface area (TPSA) is 73.8 Å². The maximum Gasteiger partial charge on any atom is 0.227 e. The van der Waals surface area contributed by atoms with E-state index in [9.17, 15) is 4.79 Å². The molecule has 0 saturated carbocycles. The largest absolute Gasteiger partial charge is 0.369 e. The first-order valence-electron chi connectivity index (χ1n) is 6.70. The van der Waals surface area contributed by atoms with Crippen molar-refractivity contribution in [2.45, 2.75) is 4.90 Å². The van der Waals surface area contributed by atoms with Crippen LogP contribution in [0.4, 0.5) is 0 Å². The van der Waals surface area contributed by atoms with Gasteiger partial charge in [-0.3, -0.25) is 9.78 Å². The van der Waals surface area contributed by atoms with Crippen LogP contribution in [0.25, 0.3) is 16.9 Å². The molecule has 2 N–H and O–H groups in total. The van der Waals surface area contributed by atoms with Crippen molar-refractivity contribution in [1.29, 1.82) is 0 Å². The van der Waals surface area contributed by atoms with Gasteiger partial charge in [-0.05, 0) is 42.5 Å². The Morgan fingerprint density at radius 1 is 1.18 bits per heavy atom. The normalized spacial score (nSPS) is 10.5. The maximum atomic E-state index is 10.8. The molecule has 22 heavy (non-hydrogen) atoms. The molecular formula is C16H14N4OS. The third-order valence-corrected chi connectivity index (χ3v) is 4.06. The minimum Gasteiger partial charge on any atom is -0.369 e. The molecule has 0 bridgehead atoms. The van der Waals surface area contributed by atoms with E-state index in [1.165, 1.54) is 11.8 Å². The molecular weight excluding hydrogens is 296 g/mol. The van der Waals surface area contributed by atoms with Gasteiger partial charge >= 0.3 is 0 Å². The molecule has 0 radical (unpaired) electrons. The van der Waals surface area contributed by atoms with Crippen LogP contribution in [0.3, 0.4) is 0 Å². The number of thioether (sulfide) groups is 1. The summed E-state index contributed by atoms with van der Waals surface area (Å²) in [6, 6.07) is 13.6. The van der Waals surface area contributed by atoms with Gasteiger partial charge in [-0.2, -0.15) is 5.10 Å². The van der Waals surface area contributed by atoms with Crippen LogP contribution < -0.4 is 5.73 Å². The van der Waals surface area contributed by atoms with Crippen LogP contribution in [0.2, 0.25) is 0 Å². The predicted octanol–water partition coefficient (Wildman–Crippen LogP) is 2.51. The summed E-state index contributed by atoms with van der Waals surface area (Å²) in [5.41, 5.74) is 7.95. The van der Waals surface area contributed by atoms with E-state index in [4.69, 9.17) is 5.73 Å². The molecule has 110 valence electrons. The molecule has 2 aromatic heterocycles. The highest BCUT2D eigenvalue weighted by atomic mass is 32.2. The zero-order valence-electron chi connectivity index (χ0n) is 11.7. The standard InChI is InChI=1S/C16H14N4OS/c17-16(21)11-22-14-5-3-13(4-6-14)20-9-7-15(19-20)12-2-1-8-18-10-12/h1-10H,11H2,(H2,17,21). The van der Waals surface area contributed by atoms with Gasteiger partial charge in [-0.15, -0.1) is 11.8 Å². The lowest BCUT2D eigenvalue weighted by molar-refractivity contribution is -0.115. The van der Waals surface area contributed by atoms with E-state index in [1.807, 2.05) is 53.3 Å². The van der Waals surface area contributed by atoms with E-state index in [-0.39, 0.29) is 11.7 Å². The fourth-order valence-corrected chi connectivity index (χ4v) is 2.62. The first-order valence-corrected chi connectivity index (χ1v) is 7.68. The maximum absolute atomic E-state index is 10.8. The van der Waals surface area contributed by atoms with E-state index in [0.717, 1.165) is 21.8 Å². The van der Waals surface area contributed by atoms with E-state index < -0.39 is 0 Å². The summed E-state index contributed by atoms with van der Waals surface area (Å²) >= 11 is 1.42. The third-order valence-electron chi connectivity index (χ3n) is 3.03. The number of nitrogens with zero attached hydrogens (tertiary/aromatic N) is 3. The number of hydrogen-bond acceptors (Lipinski definition) is 4. The molecule has 0 fully saturated rings. The lowest BCUT2D eigenvalue weighted by Gasteiger charge is -2.03. The van der Waals surface area contributed by atoms with Crippen LogP contribution in [-0.4, -0.2) is 26.4 Å². The lowest BCUT2D eigenvalue weighted by Crippen LogP contribution is -2.12. The van der Waals surface area contributed by atoms with Crippen molar-refractivity contribution < 1.29 is 4.79 Å². The molecule has 0 spiro atoms. The van der Waals surface area contributed by atoms with Gasteiger partial charge in [0.25, 0.3) is 0 Å². The van der Waals surface area contributed by atoms with Crippen LogP contribution in [0, 0.1) is 0 Å². The Hall–Kier alpha value is -2.60. The summed E-state index contributed by atoms with van der Waals surface area (Å²) in [7, 11) is 0. The molecule has 3 rings (SSSR count). The third kappa shape index (κ3) is 3.35. The van der Waals surface area contributed by atoms with Crippen molar-refractivity contribution in [1.82, 2.24) is 14.8 Å². The molecule has 0 aliphatic heterocycles. The number of carbonyl (C=O) groups is 1. The minimum atomic E-state index is -0.317. The van der Waals surface area contributed by atoms with E-state index >= 15 is 0 Å². The molecule has 5 nitrogen and oxygen atoms in total. The number of rotatable bonds is 5. The number of aromatic nitrogens is 3. The van der Waals surface area contributed by atoms with Gasteiger partial charge in [-0.25, -0.2) is 4.68 Å². The summed E-state index contributed by atoms with van der Waals surface area (Å²) in [4.78, 5) is 15.9. The Labute approximate surface area is 132 Å². The highest BCUT2D eigenvalue weighted by molar-refractivity contribution is 8.00. The van der Waals surface area contributed by atoms with E-state index in [1.54, 1.807) is 12.4 Å². The van der Waals surface area contributed by atoms with Gasteiger partial charge in [0.1, 0.15) is 0 Å². The van der Waals surface area contributed by atoms with Gasteiger partial charge < -0.3 is 5.73 Å². The van der Waals surface area contributed by atoms with Gasteiger partial charge in [0.05, 0.1) is 17.1 Å². The second-order valence-electron chi connectivity index (χ2n) is 4.64. The Morgan fingerprint density at radius 3 is 2.68 bits per heavy atom. The lowest BCUT2D eigenvalue weighted by atomic mass is 10.2. The van der Waals surface area contributed by atoms with Crippen LogP contribution in [0.5, 0.6) is 0 Å². The Morgan fingerprint density at radius 2 is 2.00 bits per heavy atom. The minimum absolute atomic E-state index is 0.284. The Balaban J connectivity index is 1.77. The SMILES string of the molecule is NC(=O)CSc1ccc(-n2ccc(-c3cccnc3)n2)cc1. The summed E-state index contributed by atoms with van der Waals surface area (Å²) in [6.07, 6.45) is 5.44. The Kier molecular flexibility index (Phi) is 4.20. The number of primary amides is 1. The number of hydrogen-bond donors (Lipinski definition) is 1. The van der Waals surface area contributed by atoms with Crippen LogP contribution in [-0.2, 0) is 4.79 Å². The van der Waals surface area contributed by atoms with Crippen molar-refractivity contribution in [3.8, 4) is 16.9 Å². The van der Waals surface area contributed by atoms with Crippen LogP contribution >= 0.6 is 11.8 Å². The first kappa shape index (κ1) is 14.3. The van der Waals surface area contributed by atoms with Crippen molar-refractivity contribution in [2.24, 2.45) is 5.73 Å². The molecule has 0 atom stereocenters. The Bertz CT molecular complexity index is 768. The summed E-state index contributed by atoms with van der Waals surface area (Å²) in [6.45, 7) is 0. The predicted molar refractivity (Wildman–Crippen MR) is 86.7 cm³/mol. The monoisotopic (exact) mass is 310 g/mol. The molecule has 2 heterocycles. The van der Waals surface area contributed by atoms with Gasteiger partial charge in [0.15, 0.2) is 0 Å². The average molecular weight is 310 g/mol. The molecule has 0 aliphatic carbocycles. The molecule has 1 amide bonds. The van der Waals surface area contributed by atoms with Gasteiger partial charge in [0.2, 0.25) is 5.91 Å². The smallest absolute Gasteiger partial charge is 0.227 e. The second kappa shape index (κ2) is 6.44. The van der Waals surface area contributed by atoms with Crippen molar-refractivity contribution in [2.75, 3.05) is 5.75 Å². The molecule has 0 unspecified atom stereocenters. The quantitative estimate of drug-likeness (QED) is 0.735. The summed E-state index contributed by atoms with van der Waals surface area (Å²) in [5, 5.41) is 4.55. The molecule has 6 heteroatoms. The number of nitrogens with two attached hydrogens (primary N) is 1. The number of benzene rings is 1. The number of pyridine rings is 1. The first-order chi connectivity index (χ1) is 10.7. The fraction of sp³-hybridized carbons (Fsp3) is 0.0625. The molecule has 3 aromatic rings. The van der Waals surface area contributed by atoms with Gasteiger partial charge in [-0.1, -0.05) is 0 Å². The van der Waals surface area contributed by atoms with Crippen LogP contribution in [0.1, 0.15) is 0 Å². The zero-order valence-corrected chi connectivity index (χ0v) is 12.5. The van der Waals surface area contributed by atoms with Crippen LogP contribution in [0.15, 0.2) is 66.0 Å². The highest BCUT2D eigenvalue weighted by Crippen LogP contribution is 2.21. The average Bonchev–Trinajstić information content (AvgIpc) is 3.04.